The molecule has 0 saturated heterocycles. The van der Waals surface area contributed by atoms with Gasteiger partial charge in [0.2, 0.25) is 5.91 Å². The molecule has 116 valence electrons. The lowest BCUT2D eigenvalue weighted by atomic mass is 10.1. The highest BCUT2D eigenvalue weighted by Crippen LogP contribution is 2.05. The summed E-state index contributed by atoms with van der Waals surface area (Å²) in [6.45, 7) is 0.598. The van der Waals surface area contributed by atoms with E-state index in [1.807, 2.05) is 0 Å². The van der Waals surface area contributed by atoms with Gasteiger partial charge in [0.25, 0.3) is 0 Å². The Labute approximate surface area is 121 Å². The highest BCUT2D eigenvalue weighted by atomic mass is 16.4. The van der Waals surface area contributed by atoms with Crippen LogP contribution in [0.4, 0.5) is 0 Å². The Balaban J connectivity index is 3.95. The zero-order valence-corrected chi connectivity index (χ0v) is 11.7. The molecule has 0 aliphatic carbocycles. The molecule has 0 aromatic rings. The van der Waals surface area contributed by atoms with E-state index in [2.05, 4.69) is 25.4 Å². The fraction of sp³-hybridized carbons (Fsp3) is 0.818. The van der Waals surface area contributed by atoms with Crippen molar-refractivity contribution in [3.05, 3.63) is 20.9 Å². The first-order valence-corrected chi connectivity index (χ1v) is 6.65. The van der Waals surface area contributed by atoms with Crippen LogP contribution in [-0.4, -0.2) is 36.1 Å². The highest BCUT2D eigenvalue weighted by Gasteiger charge is 2.18. The molecule has 0 unspecified atom stereocenters. The van der Waals surface area contributed by atoms with Gasteiger partial charge in [-0.05, 0) is 30.3 Å². The van der Waals surface area contributed by atoms with Crippen molar-refractivity contribution in [3.8, 4) is 0 Å². The van der Waals surface area contributed by atoms with Gasteiger partial charge in [0.05, 0.1) is 0 Å². The van der Waals surface area contributed by atoms with Crippen LogP contribution in [0.25, 0.3) is 20.9 Å². The lowest BCUT2D eigenvalue weighted by molar-refractivity contribution is -0.142. The Kier molecular flexibility index (Phi) is 11.1. The van der Waals surface area contributed by atoms with Crippen molar-refractivity contribution in [1.29, 1.82) is 0 Å². The molecule has 0 fully saturated rings. The number of carbonyl (C=O) groups excluding carboxylic acids is 1. The molecule has 0 aromatic heterocycles. The van der Waals surface area contributed by atoms with E-state index in [-0.39, 0.29) is 18.9 Å². The van der Waals surface area contributed by atoms with Crippen LogP contribution in [0.5, 0.6) is 0 Å². The van der Waals surface area contributed by atoms with Gasteiger partial charge in [0.1, 0.15) is 6.04 Å². The summed E-state index contributed by atoms with van der Waals surface area (Å²) in [7, 11) is 0. The maximum atomic E-state index is 11.5. The van der Waals surface area contributed by atoms with Crippen LogP contribution in [0, 0.1) is 0 Å². The number of hydrogen-bond acceptors (Lipinski definition) is 4. The van der Waals surface area contributed by atoms with Crippen molar-refractivity contribution in [2.24, 2.45) is 10.2 Å². The Morgan fingerprint density at radius 3 is 2.24 bits per heavy atom. The minimum absolute atomic E-state index is 0.125. The van der Waals surface area contributed by atoms with E-state index < -0.39 is 12.0 Å². The molecule has 1 amide bonds. The number of rotatable bonds is 12. The molecule has 1 atom stereocenters. The quantitative estimate of drug-likeness (QED) is 0.245. The fourth-order valence-electron chi connectivity index (χ4n) is 1.63. The molecule has 0 aliphatic rings. The third kappa shape index (κ3) is 11.1. The van der Waals surface area contributed by atoms with Gasteiger partial charge in [-0.2, -0.15) is 0 Å². The minimum Gasteiger partial charge on any atom is -0.480 e. The molecular formula is C11H19N7O3. The van der Waals surface area contributed by atoms with Crippen molar-refractivity contribution in [3.63, 3.8) is 0 Å². The molecular weight excluding hydrogens is 278 g/mol. The van der Waals surface area contributed by atoms with Crippen LogP contribution in [-0.2, 0) is 9.59 Å². The van der Waals surface area contributed by atoms with Gasteiger partial charge in [-0.15, -0.1) is 0 Å². The number of carboxylic acids is 1. The lowest BCUT2D eigenvalue weighted by Crippen LogP contribution is -2.40. The van der Waals surface area contributed by atoms with E-state index in [1.165, 1.54) is 0 Å². The van der Waals surface area contributed by atoms with Gasteiger partial charge in [0.15, 0.2) is 0 Å². The van der Waals surface area contributed by atoms with Gasteiger partial charge in [-0.3, -0.25) is 4.79 Å². The second-order valence-corrected chi connectivity index (χ2v) is 4.32. The summed E-state index contributed by atoms with van der Waals surface area (Å²) < 4.78 is 0. The third-order valence-electron chi connectivity index (χ3n) is 2.67. The summed E-state index contributed by atoms with van der Waals surface area (Å²) in [5.74, 6) is -1.45. The van der Waals surface area contributed by atoms with Crippen LogP contribution in [0.2, 0.25) is 0 Å². The van der Waals surface area contributed by atoms with Crippen molar-refractivity contribution >= 4 is 11.9 Å². The molecule has 0 aliphatic heterocycles. The predicted molar refractivity (Wildman–Crippen MR) is 75.3 cm³/mol. The maximum absolute atomic E-state index is 11.5. The van der Waals surface area contributed by atoms with Crippen molar-refractivity contribution in [2.45, 2.75) is 44.6 Å². The van der Waals surface area contributed by atoms with E-state index in [9.17, 15) is 9.59 Å². The summed E-state index contributed by atoms with van der Waals surface area (Å²) in [5.41, 5.74) is 16.2. The van der Waals surface area contributed by atoms with Crippen LogP contribution >= 0.6 is 0 Å². The van der Waals surface area contributed by atoms with Gasteiger partial charge in [0, 0.05) is 29.3 Å². The molecule has 0 saturated carbocycles. The summed E-state index contributed by atoms with van der Waals surface area (Å²) >= 11 is 0. The van der Waals surface area contributed by atoms with E-state index in [1.54, 1.807) is 0 Å². The van der Waals surface area contributed by atoms with Crippen LogP contribution in [0.1, 0.15) is 38.5 Å². The average molecular weight is 297 g/mol. The number of carbonyl (C=O) groups is 2. The third-order valence-corrected chi connectivity index (χ3v) is 2.67. The Morgan fingerprint density at radius 2 is 1.67 bits per heavy atom. The number of amides is 1. The summed E-state index contributed by atoms with van der Waals surface area (Å²) in [4.78, 5) is 27.7. The molecule has 10 heteroatoms. The standard InChI is InChI=1S/C11H19N7O3/c12-17-14-7-3-1-2-5-9(11(20)21)16-10(19)6-4-8-15-18-13/h9H,1-8H2,(H,16,19)(H,20,21)/t9-/m0/s1. The molecule has 0 heterocycles. The number of hydrogen-bond donors (Lipinski definition) is 2. The number of carboxylic acid groups (broad SMARTS) is 1. The van der Waals surface area contributed by atoms with E-state index in [0.717, 1.165) is 6.42 Å². The summed E-state index contributed by atoms with van der Waals surface area (Å²) in [5, 5.41) is 18.1. The van der Waals surface area contributed by atoms with Crippen molar-refractivity contribution < 1.29 is 14.7 Å². The maximum Gasteiger partial charge on any atom is 0.326 e. The Hall–Kier alpha value is -2.44. The number of aliphatic carboxylic acids is 1. The first kappa shape index (κ1) is 18.6. The molecule has 0 rings (SSSR count). The topological polar surface area (TPSA) is 164 Å². The molecule has 0 spiro atoms. The van der Waals surface area contributed by atoms with Gasteiger partial charge in [-0.25, -0.2) is 4.79 Å². The number of unbranched alkanes of at least 4 members (excludes halogenated alkanes) is 2. The summed E-state index contributed by atoms with van der Waals surface area (Å²) in [6, 6.07) is -0.920. The average Bonchev–Trinajstić information content (AvgIpc) is 2.45. The van der Waals surface area contributed by atoms with Gasteiger partial charge >= 0.3 is 5.97 Å². The molecule has 0 radical (unpaired) electrons. The fourth-order valence-corrected chi connectivity index (χ4v) is 1.63. The molecule has 0 bridgehead atoms. The smallest absolute Gasteiger partial charge is 0.326 e. The SMILES string of the molecule is [N-]=[N+]=NCCCCC[C@H](NC(=O)CCCN=[N+]=[N-])C(=O)O. The van der Waals surface area contributed by atoms with E-state index in [4.69, 9.17) is 16.2 Å². The van der Waals surface area contributed by atoms with Crippen LogP contribution < -0.4 is 5.32 Å². The van der Waals surface area contributed by atoms with Crippen molar-refractivity contribution in [1.82, 2.24) is 5.32 Å². The Morgan fingerprint density at radius 1 is 1.05 bits per heavy atom. The molecule has 2 N–H and O–H groups in total. The van der Waals surface area contributed by atoms with Crippen LogP contribution in [0.3, 0.4) is 0 Å². The zero-order chi connectivity index (χ0) is 15.9. The van der Waals surface area contributed by atoms with Crippen LogP contribution in [0.15, 0.2) is 10.2 Å². The number of azide groups is 2. The van der Waals surface area contributed by atoms with E-state index in [0.29, 0.717) is 32.2 Å². The van der Waals surface area contributed by atoms with E-state index >= 15 is 0 Å². The summed E-state index contributed by atoms with van der Waals surface area (Å²) in [6.07, 6.45) is 2.88. The van der Waals surface area contributed by atoms with Gasteiger partial charge in [-0.1, -0.05) is 23.1 Å². The number of nitrogens with one attached hydrogen (secondary N) is 1. The molecule has 21 heavy (non-hydrogen) atoms. The number of nitrogens with zero attached hydrogens (tertiary/aromatic N) is 6. The van der Waals surface area contributed by atoms with Crippen molar-refractivity contribution in [2.75, 3.05) is 13.1 Å². The lowest BCUT2D eigenvalue weighted by Gasteiger charge is -2.14. The Bertz CT molecular complexity index is 428. The minimum atomic E-state index is -1.08. The highest BCUT2D eigenvalue weighted by molar-refractivity contribution is 5.83. The zero-order valence-electron chi connectivity index (χ0n) is 11.7. The first-order valence-electron chi connectivity index (χ1n) is 6.65. The normalized spacial score (nSPS) is 10.9. The monoisotopic (exact) mass is 297 g/mol. The second kappa shape index (κ2) is 12.6. The first-order chi connectivity index (χ1) is 10.1. The molecule has 10 nitrogen and oxygen atoms in total. The largest absolute Gasteiger partial charge is 0.480 e. The second-order valence-electron chi connectivity index (χ2n) is 4.32. The predicted octanol–water partition coefficient (Wildman–Crippen LogP) is 2.52. The molecule has 0 aromatic carbocycles. The van der Waals surface area contributed by atoms with Gasteiger partial charge < -0.3 is 10.4 Å².